The lowest BCUT2D eigenvalue weighted by Crippen LogP contribution is -2.53. The lowest BCUT2D eigenvalue weighted by atomic mass is 10.1. The molecule has 0 aliphatic carbocycles. The standard InChI is InChI=1S/C23H22ClN3O5/c1-15-12-17(24)9-10-19(15)32-14-21(28)26-27-22(29)18(13-16-6-3-2-4-7-16)25-23(30)20-8-5-11-31-20/h2-12,18H,13-14H2,1H3,(H,25,30)(H,26,28)(H,27,29)/t18-/m0/s1. The summed E-state index contributed by atoms with van der Waals surface area (Å²) in [5, 5.41) is 3.18. The topological polar surface area (TPSA) is 110 Å². The molecular weight excluding hydrogens is 434 g/mol. The van der Waals surface area contributed by atoms with Gasteiger partial charge < -0.3 is 14.5 Å². The van der Waals surface area contributed by atoms with Crippen molar-refractivity contribution in [3.8, 4) is 5.75 Å². The van der Waals surface area contributed by atoms with Crippen LogP contribution in [0.5, 0.6) is 5.75 Å². The molecule has 0 bridgehead atoms. The van der Waals surface area contributed by atoms with Crippen LogP contribution in [-0.4, -0.2) is 30.4 Å². The van der Waals surface area contributed by atoms with Crippen LogP contribution in [0.1, 0.15) is 21.7 Å². The Kier molecular flexibility index (Phi) is 7.88. The number of carbonyl (C=O) groups excluding carboxylic acids is 3. The number of hydrogen-bond donors (Lipinski definition) is 3. The van der Waals surface area contributed by atoms with Crippen LogP contribution >= 0.6 is 11.6 Å². The van der Waals surface area contributed by atoms with Crippen LogP contribution in [-0.2, 0) is 16.0 Å². The van der Waals surface area contributed by atoms with Crippen molar-refractivity contribution in [3.05, 3.63) is 88.8 Å². The van der Waals surface area contributed by atoms with Gasteiger partial charge in [0.1, 0.15) is 11.8 Å². The number of carbonyl (C=O) groups is 3. The number of hydrogen-bond acceptors (Lipinski definition) is 5. The maximum absolute atomic E-state index is 12.7. The van der Waals surface area contributed by atoms with Gasteiger partial charge in [-0.3, -0.25) is 25.2 Å². The van der Waals surface area contributed by atoms with Crippen molar-refractivity contribution in [1.29, 1.82) is 0 Å². The lowest BCUT2D eigenvalue weighted by molar-refractivity contribution is -0.130. The molecule has 32 heavy (non-hydrogen) atoms. The summed E-state index contributed by atoms with van der Waals surface area (Å²) in [6, 6.07) is 16.3. The van der Waals surface area contributed by atoms with Gasteiger partial charge in [-0.1, -0.05) is 41.9 Å². The number of ether oxygens (including phenoxy) is 1. The SMILES string of the molecule is Cc1cc(Cl)ccc1OCC(=O)NNC(=O)[C@H](Cc1ccccc1)NC(=O)c1ccco1. The van der Waals surface area contributed by atoms with Crippen LogP contribution < -0.4 is 20.9 Å². The molecular formula is C23H22ClN3O5. The fraction of sp³-hybridized carbons (Fsp3) is 0.174. The fourth-order valence-corrected chi connectivity index (χ4v) is 3.10. The first kappa shape index (κ1) is 22.9. The highest BCUT2D eigenvalue weighted by Crippen LogP contribution is 2.21. The Labute approximate surface area is 189 Å². The Morgan fingerprint density at radius 1 is 1.03 bits per heavy atom. The largest absolute Gasteiger partial charge is 0.483 e. The van der Waals surface area contributed by atoms with Crippen molar-refractivity contribution in [1.82, 2.24) is 16.2 Å². The molecule has 0 saturated carbocycles. The lowest BCUT2D eigenvalue weighted by Gasteiger charge is -2.18. The van der Waals surface area contributed by atoms with E-state index in [0.29, 0.717) is 10.8 Å². The molecule has 0 fully saturated rings. The third-order valence-corrected chi connectivity index (χ3v) is 4.71. The van der Waals surface area contributed by atoms with Crippen molar-refractivity contribution in [2.75, 3.05) is 6.61 Å². The fourth-order valence-electron chi connectivity index (χ4n) is 2.87. The Morgan fingerprint density at radius 3 is 2.50 bits per heavy atom. The summed E-state index contributed by atoms with van der Waals surface area (Å²) in [5.41, 5.74) is 6.23. The normalized spacial score (nSPS) is 11.3. The van der Waals surface area contributed by atoms with Crippen LogP contribution in [0.25, 0.3) is 0 Å². The summed E-state index contributed by atoms with van der Waals surface area (Å²) in [5.74, 6) is -1.12. The van der Waals surface area contributed by atoms with Crippen LogP contribution in [0.3, 0.4) is 0 Å². The summed E-state index contributed by atoms with van der Waals surface area (Å²) >= 11 is 5.90. The van der Waals surface area contributed by atoms with E-state index in [1.165, 1.54) is 12.3 Å². The Morgan fingerprint density at radius 2 is 1.81 bits per heavy atom. The van der Waals surface area contributed by atoms with Crippen molar-refractivity contribution in [2.45, 2.75) is 19.4 Å². The summed E-state index contributed by atoms with van der Waals surface area (Å²) < 4.78 is 10.5. The zero-order chi connectivity index (χ0) is 22.9. The zero-order valence-corrected chi connectivity index (χ0v) is 18.0. The van der Waals surface area contributed by atoms with Gasteiger partial charge in [-0.05, 0) is 48.4 Å². The predicted molar refractivity (Wildman–Crippen MR) is 118 cm³/mol. The van der Waals surface area contributed by atoms with Crippen LogP contribution in [0.4, 0.5) is 0 Å². The quantitative estimate of drug-likeness (QED) is 0.452. The smallest absolute Gasteiger partial charge is 0.287 e. The molecule has 1 atom stereocenters. The molecule has 0 spiro atoms. The molecule has 1 heterocycles. The van der Waals surface area contributed by atoms with Crippen molar-refractivity contribution >= 4 is 29.3 Å². The van der Waals surface area contributed by atoms with Crippen molar-refractivity contribution < 1.29 is 23.5 Å². The highest BCUT2D eigenvalue weighted by Gasteiger charge is 2.23. The number of amides is 3. The second-order valence-electron chi connectivity index (χ2n) is 6.93. The first-order chi connectivity index (χ1) is 15.4. The van der Waals surface area contributed by atoms with Gasteiger partial charge >= 0.3 is 0 Å². The summed E-state index contributed by atoms with van der Waals surface area (Å²) in [4.78, 5) is 37.2. The van der Waals surface area contributed by atoms with E-state index in [2.05, 4.69) is 16.2 Å². The molecule has 3 rings (SSSR count). The van der Waals surface area contributed by atoms with Gasteiger partial charge in [-0.2, -0.15) is 0 Å². The van der Waals surface area contributed by atoms with Gasteiger partial charge in [0.15, 0.2) is 12.4 Å². The molecule has 0 radical (unpaired) electrons. The summed E-state index contributed by atoms with van der Waals surface area (Å²) in [6.45, 7) is 1.49. The highest BCUT2D eigenvalue weighted by molar-refractivity contribution is 6.30. The molecule has 0 aliphatic heterocycles. The molecule has 2 aromatic carbocycles. The van der Waals surface area contributed by atoms with E-state index in [9.17, 15) is 14.4 Å². The zero-order valence-electron chi connectivity index (χ0n) is 17.3. The first-order valence-corrected chi connectivity index (χ1v) is 10.2. The van der Waals surface area contributed by atoms with E-state index in [0.717, 1.165) is 11.1 Å². The van der Waals surface area contributed by atoms with E-state index in [4.69, 9.17) is 20.8 Å². The first-order valence-electron chi connectivity index (χ1n) is 9.78. The van der Waals surface area contributed by atoms with Crippen molar-refractivity contribution in [2.24, 2.45) is 0 Å². The van der Waals surface area contributed by atoms with Gasteiger partial charge in [-0.25, -0.2) is 0 Å². The Balaban J connectivity index is 1.57. The van der Waals surface area contributed by atoms with E-state index in [-0.39, 0.29) is 18.8 Å². The predicted octanol–water partition coefficient (Wildman–Crippen LogP) is 2.81. The molecule has 8 nitrogen and oxygen atoms in total. The molecule has 3 amide bonds. The third-order valence-electron chi connectivity index (χ3n) is 4.47. The van der Waals surface area contributed by atoms with Crippen LogP contribution in [0.15, 0.2) is 71.3 Å². The van der Waals surface area contributed by atoms with E-state index >= 15 is 0 Å². The summed E-state index contributed by atoms with van der Waals surface area (Å²) in [7, 11) is 0. The maximum Gasteiger partial charge on any atom is 0.287 e. The number of halogens is 1. The monoisotopic (exact) mass is 455 g/mol. The number of benzene rings is 2. The molecule has 0 aliphatic rings. The van der Waals surface area contributed by atoms with Gasteiger partial charge in [0.2, 0.25) is 0 Å². The number of rotatable bonds is 8. The molecule has 166 valence electrons. The van der Waals surface area contributed by atoms with E-state index < -0.39 is 23.8 Å². The summed E-state index contributed by atoms with van der Waals surface area (Å²) in [6.07, 6.45) is 1.58. The highest BCUT2D eigenvalue weighted by atomic mass is 35.5. The number of nitrogens with one attached hydrogen (secondary N) is 3. The molecule has 0 unspecified atom stereocenters. The van der Waals surface area contributed by atoms with Gasteiger partial charge in [0.05, 0.1) is 6.26 Å². The number of furan rings is 1. The molecule has 3 N–H and O–H groups in total. The number of aryl methyl sites for hydroxylation is 1. The van der Waals surface area contributed by atoms with Crippen molar-refractivity contribution in [3.63, 3.8) is 0 Å². The molecule has 9 heteroatoms. The molecule has 1 aromatic heterocycles. The second-order valence-corrected chi connectivity index (χ2v) is 7.37. The minimum absolute atomic E-state index is 0.0756. The minimum atomic E-state index is -0.949. The number of hydrazine groups is 1. The third kappa shape index (κ3) is 6.61. The van der Waals surface area contributed by atoms with Gasteiger partial charge in [0.25, 0.3) is 17.7 Å². The Bertz CT molecular complexity index is 1070. The maximum atomic E-state index is 12.7. The molecule has 3 aromatic rings. The second kappa shape index (κ2) is 11.0. The average molecular weight is 456 g/mol. The van der Waals surface area contributed by atoms with Crippen LogP contribution in [0, 0.1) is 6.92 Å². The Hall–Kier alpha value is -3.78. The molecule has 0 saturated heterocycles. The van der Waals surface area contributed by atoms with Crippen LogP contribution in [0.2, 0.25) is 5.02 Å². The van der Waals surface area contributed by atoms with Gasteiger partial charge in [-0.15, -0.1) is 0 Å². The van der Waals surface area contributed by atoms with E-state index in [1.807, 2.05) is 30.3 Å². The average Bonchev–Trinajstić information content (AvgIpc) is 3.32. The van der Waals surface area contributed by atoms with Gasteiger partial charge in [0, 0.05) is 11.4 Å². The van der Waals surface area contributed by atoms with E-state index in [1.54, 1.807) is 31.2 Å². The minimum Gasteiger partial charge on any atom is -0.483 e.